The smallest absolute Gasteiger partial charge is 0.203 e. The first-order valence-electron chi connectivity index (χ1n) is 10.1. The van der Waals surface area contributed by atoms with Crippen LogP contribution in [0.1, 0.15) is 37.7 Å². The summed E-state index contributed by atoms with van der Waals surface area (Å²) < 4.78 is 22.2. The molecule has 0 aliphatic carbocycles. The molecule has 2 aliphatic rings. The van der Waals surface area contributed by atoms with Gasteiger partial charge in [0.2, 0.25) is 5.75 Å². The fourth-order valence-electron chi connectivity index (χ4n) is 4.46. The number of rotatable bonds is 8. The van der Waals surface area contributed by atoms with Crippen molar-refractivity contribution in [3.8, 4) is 17.2 Å². The average molecular weight is 379 g/mol. The van der Waals surface area contributed by atoms with Gasteiger partial charge in [0.15, 0.2) is 11.5 Å². The lowest BCUT2D eigenvalue weighted by Crippen LogP contribution is -2.59. The van der Waals surface area contributed by atoms with Crippen LogP contribution in [0, 0.1) is 0 Å². The fourth-order valence-corrected chi connectivity index (χ4v) is 4.46. The summed E-state index contributed by atoms with van der Waals surface area (Å²) in [5, 5.41) is 3.70. The molecular formula is C21H34N2O4. The molecule has 0 aromatic heterocycles. The molecule has 6 heteroatoms. The van der Waals surface area contributed by atoms with Crippen molar-refractivity contribution in [2.24, 2.45) is 0 Å². The molecule has 0 radical (unpaired) electrons. The van der Waals surface area contributed by atoms with Gasteiger partial charge in [-0.25, -0.2) is 0 Å². The molecule has 0 atom stereocenters. The minimum Gasteiger partial charge on any atom is -0.493 e. The van der Waals surface area contributed by atoms with Gasteiger partial charge in [0, 0.05) is 37.4 Å². The van der Waals surface area contributed by atoms with Crippen LogP contribution < -0.4 is 19.5 Å². The molecule has 2 saturated heterocycles. The van der Waals surface area contributed by atoms with Crippen molar-refractivity contribution < 1.29 is 18.9 Å². The summed E-state index contributed by atoms with van der Waals surface area (Å²) in [6, 6.07) is 3.98. The van der Waals surface area contributed by atoms with E-state index >= 15 is 0 Å². The van der Waals surface area contributed by atoms with Crippen molar-refractivity contribution >= 4 is 0 Å². The van der Waals surface area contributed by atoms with Crippen LogP contribution in [0.15, 0.2) is 12.1 Å². The lowest BCUT2D eigenvalue weighted by Gasteiger charge is -2.48. The van der Waals surface area contributed by atoms with Gasteiger partial charge in [0.05, 0.1) is 21.3 Å². The second-order valence-corrected chi connectivity index (χ2v) is 7.48. The zero-order valence-electron chi connectivity index (χ0n) is 17.0. The zero-order chi connectivity index (χ0) is 19.1. The second-order valence-electron chi connectivity index (χ2n) is 7.48. The van der Waals surface area contributed by atoms with Gasteiger partial charge in [0.25, 0.3) is 0 Å². The Morgan fingerprint density at radius 1 is 0.963 bits per heavy atom. The number of piperidine rings is 1. The Morgan fingerprint density at radius 2 is 1.67 bits per heavy atom. The molecule has 3 rings (SSSR count). The summed E-state index contributed by atoms with van der Waals surface area (Å²) in [7, 11) is 4.96. The zero-order valence-corrected chi connectivity index (χ0v) is 17.0. The van der Waals surface area contributed by atoms with E-state index in [1.807, 2.05) is 12.1 Å². The largest absolute Gasteiger partial charge is 0.493 e. The molecule has 152 valence electrons. The molecule has 0 bridgehead atoms. The van der Waals surface area contributed by atoms with Crippen LogP contribution in [0.3, 0.4) is 0 Å². The van der Waals surface area contributed by atoms with E-state index in [9.17, 15) is 0 Å². The van der Waals surface area contributed by atoms with Crippen LogP contribution in [0.4, 0.5) is 0 Å². The van der Waals surface area contributed by atoms with E-state index in [0.717, 1.165) is 50.5 Å². The minimum atomic E-state index is 0.211. The number of benzene rings is 1. The van der Waals surface area contributed by atoms with Gasteiger partial charge in [-0.3, -0.25) is 4.90 Å². The van der Waals surface area contributed by atoms with Gasteiger partial charge in [-0.15, -0.1) is 0 Å². The molecule has 1 aromatic rings. The third kappa shape index (κ3) is 4.50. The summed E-state index contributed by atoms with van der Waals surface area (Å²) in [5.74, 6) is 2.08. The van der Waals surface area contributed by atoms with Gasteiger partial charge < -0.3 is 24.3 Å². The van der Waals surface area contributed by atoms with Gasteiger partial charge in [-0.1, -0.05) is 12.5 Å². The van der Waals surface area contributed by atoms with E-state index in [1.165, 1.54) is 32.4 Å². The van der Waals surface area contributed by atoms with Crippen molar-refractivity contribution in [3.05, 3.63) is 17.7 Å². The molecule has 0 saturated carbocycles. The Balaban J connectivity index is 1.69. The summed E-state index contributed by atoms with van der Waals surface area (Å²) in [6.07, 6.45) is 6.18. The van der Waals surface area contributed by atoms with Crippen molar-refractivity contribution in [1.29, 1.82) is 0 Å². The number of hydrogen-bond donors (Lipinski definition) is 1. The highest BCUT2D eigenvalue weighted by molar-refractivity contribution is 5.55. The molecule has 6 nitrogen and oxygen atoms in total. The first-order chi connectivity index (χ1) is 13.2. The second kappa shape index (κ2) is 9.62. The maximum Gasteiger partial charge on any atom is 0.203 e. The molecule has 2 aliphatic heterocycles. The van der Waals surface area contributed by atoms with Crippen LogP contribution in [0.2, 0.25) is 0 Å². The van der Waals surface area contributed by atoms with Gasteiger partial charge in [-0.2, -0.15) is 0 Å². The third-order valence-electron chi connectivity index (χ3n) is 6.01. The van der Waals surface area contributed by atoms with E-state index < -0.39 is 0 Å². The van der Waals surface area contributed by atoms with Crippen molar-refractivity contribution in [3.63, 3.8) is 0 Å². The average Bonchev–Trinajstić information content (AvgIpc) is 2.74. The highest BCUT2D eigenvalue weighted by Crippen LogP contribution is 2.39. The van der Waals surface area contributed by atoms with Crippen LogP contribution >= 0.6 is 0 Å². The Morgan fingerprint density at radius 3 is 2.30 bits per heavy atom. The molecule has 1 N–H and O–H groups in total. The Labute approximate surface area is 163 Å². The molecular weight excluding hydrogens is 344 g/mol. The predicted molar refractivity (Wildman–Crippen MR) is 106 cm³/mol. The first-order valence-corrected chi connectivity index (χ1v) is 10.1. The van der Waals surface area contributed by atoms with E-state index in [2.05, 4.69) is 10.2 Å². The molecule has 0 spiro atoms. The number of nitrogens with zero attached hydrogens (tertiary/aromatic N) is 1. The SMILES string of the molecule is COc1ccc(CNCC2(N3CCCCC3)CCOCC2)c(OC)c1OC. The first kappa shape index (κ1) is 20.2. The summed E-state index contributed by atoms with van der Waals surface area (Å²) in [4.78, 5) is 2.71. The number of ether oxygens (including phenoxy) is 4. The van der Waals surface area contributed by atoms with E-state index in [1.54, 1.807) is 21.3 Å². The molecule has 2 heterocycles. The third-order valence-corrected chi connectivity index (χ3v) is 6.01. The molecule has 0 unspecified atom stereocenters. The highest BCUT2D eigenvalue weighted by atomic mass is 16.5. The predicted octanol–water partition coefficient (Wildman–Crippen LogP) is 2.84. The van der Waals surface area contributed by atoms with Gasteiger partial charge in [-0.05, 0) is 44.8 Å². The molecule has 2 fully saturated rings. The maximum absolute atomic E-state index is 5.67. The lowest BCUT2D eigenvalue weighted by molar-refractivity contribution is -0.0358. The van der Waals surface area contributed by atoms with E-state index in [0.29, 0.717) is 11.5 Å². The Bertz CT molecular complexity index is 596. The van der Waals surface area contributed by atoms with Crippen LogP contribution in [-0.4, -0.2) is 64.6 Å². The van der Waals surface area contributed by atoms with E-state index in [-0.39, 0.29) is 5.54 Å². The number of hydrogen-bond acceptors (Lipinski definition) is 6. The topological polar surface area (TPSA) is 52.2 Å². The molecule has 0 amide bonds. The molecule has 1 aromatic carbocycles. The lowest BCUT2D eigenvalue weighted by atomic mass is 9.86. The molecule has 27 heavy (non-hydrogen) atoms. The summed E-state index contributed by atoms with van der Waals surface area (Å²) >= 11 is 0. The number of likely N-dealkylation sites (tertiary alicyclic amines) is 1. The Hall–Kier alpha value is -1.50. The Kier molecular flexibility index (Phi) is 7.21. The van der Waals surface area contributed by atoms with Crippen molar-refractivity contribution in [2.75, 3.05) is 54.2 Å². The van der Waals surface area contributed by atoms with E-state index in [4.69, 9.17) is 18.9 Å². The fraction of sp³-hybridized carbons (Fsp3) is 0.714. The number of methoxy groups -OCH3 is 3. The summed E-state index contributed by atoms with van der Waals surface area (Å²) in [5.41, 5.74) is 1.29. The number of nitrogens with one attached hydrogen (secondary N) is 1. The van der Waals surface area contributed by atoms with Gasteiger partial charge >= 0.3 is 0 Å². The quantitative estimate of drug-likeness (QED) is 0.751. The standard InChI is InChI=1S/C21H34N2O4/c1-24-18-8-7-17(19(25-2)20(18)26-3)15-22-16-21(9-13-27-14-10-21)23-11-5-4-6-12-23/h7-8,22H,4-6,9-16H2,1-3H3. The monoisotopic (exact) mass is 378 g/mol. The normalized spacial score (nSPS) is 20.3. The van der Waals surface area contributed by atoms with Crippen molar-refractivity contribution in [1.82, 2.24) is 10.2 Å². The van der Waals surface area contributed by atoms with Gasteiger partial charge in [0.1, 0.15) is 0 Å². The van der Waals surface area contributed by atoms with Crippen LogP contribution in [0.25, 0.3) is 0 Å². The minimum absolute atomic E-state index is 0.211. The van der Waals surface area contributed by atoms with Crippen LogP contribution in [0.5, 0.6) is 17.2 Å². The summed E-state index contributed by atoms with van der Waals surface area (Å²) in [6.45, 7) is 5.84. The maximum atomic E-state index is 5.67. The highest BCUT2D eigenvalue weighted by Gasteiger charge is 2.38. The van der Waals surface area contributed by atoms with Crippen LogP contribution in [-0.2, 0) is 11.3 Å². The van der Waals surface area contributed by atoms with Crippen molar-refractivity contribution in [2.45, 2.75) is 44.2 Å².